The molecule has 20 heavy (non-hydrogen) atoms. The van der Waals surface area contributed by atoms with E-state index >= 15 is 0 Å². The first kappa shape index (κ1) is 13.8. The molecule has 1 N–H and O–H groups in total. The number of anilines is 1. The molecule has 1 fully saturated rings. The second kappa shape index (κ2) is 5.00. The maximum Gasteiger partial charge on any atom is 0.214 e. The van der Waals surface area contributed by atoms with Gasteiger partial charge in [-0.15, -0.1) is 5.10 Å². The first-order chi connectivity index (χ1) is 9.47. The van der Waals surface area contributed by atoms with E-state index in [1.54, 1.807) is 11.3 Å². The normalized spacial score (nSPS) is 20.8. The van der Waals surface area contributed by atoms with Gasteiger partial charge in [-0.25, -0.2) is 9.50 Å². The molecule has 0 radical (unpaired) electrons. The summed E-state index contributed by atoms with van der Waals surface area (Å²) >= 11 is 1.64. The van der Waals surface area contributed by atoms with Crippen LogP contribution in [0.15, 0.2) is 6.20 Å². The number of aliphatic hydroxyl groups is 1. The number of piperidine rings is 1. The highest BCUT2D eigenvalue weighted by Gasteiger charge is 2.24. The summed E-state index contributed by atoms with van der Waals surface area (Å²) in [5, 5.41) is 15.0. The Bertz CT molecular complexity index is 566. The molecule has 0 saturated carbocycles. The van der Waals surface area contributed by atoms with Gasteiger partial charge in [-0.1, -0.05) is 32.1 Å². The average molecular weight is 294 g/mol. The van der Waals surface area contributed by atoms with Crippen molar-refractivity contribution in [2.45, 2.75) is 39.0 Å². The molecule has 1 aliphatic heterocycles. The Morgan fingerprint density at radius 1 is 1.45 bits per heavy atom. The standard InChI is InChI=1S/C14H22N4OS/c1-14(2,3)11-8-18-12(15-11)20-13(16-18)17-6-4-5-10(7-17)9-19/h8,10,19H,4-7,9H2,1-3H3/t10-/m0/s1. The Morgan fingerprint density at radius 3 is 2.90 bits per heavy atom. The molecule has 3 heterocycles. The van der Waals surface area contributed by atoms with Gasteiger partial charge in [0.2, 0.25) is 10.1 Å². The largest absolute Gasteiger partial charge is 0.396 e. The van der Waals surface area contributed by atoms with Crippen molar-refractivity contribution in [3.8, 4) is 0 Å². The number of imidazole rings is 1. The minimum atomic E-state index is 0.0562. The predicted octanol–water partition coefficient (Wildman–Crippen LogP) is 2.30. The molecule has 0 aromatic carbocycles. The van der Waals surface area contributed by atoms with Gasteiger partial charge in [0.1, 0.15) is 0 Å². The summed E-state index contributed by atoms with van der Waals surface area (Å²) < 4.78 is 1.89. The fourth-order valence-corrected chi connectivity index (χ4v) is 3.48. The van der Waals surface area contributed by atoms with Gasteiger partial charge in [-0.05, 0) is 18.8 Å². The lowest BCUT2D eigenvalue weighted by Gasteiger charge is -2.31. The molecule has 2 aromatic heterocycles. The fourth-order valence-electron chi connectivity index (χ4n) is 2.57. The molecular weight excluding hydrogens is 272 g/mol. The molecule has 0 aliphatic carbocycles. The summed E-state index contributed by atoms with van der Waals surface area (Å²) in [5.41, 5.74) is 1.13. The Morgan fingerprint density at radius 2 is 2.25 bits per heavy atom. The minimum Gasteiger partial charge on any atom is -0.396 e. The van der Waals surface area contributed by atoms with E-state index in [0.29, 0.717) is 5.92 Å². The summed E-state index contributed by atoms with van der Waals surface area (Å²) in [5.74, 6) is 0.380. The van der Waals surface area contributed by atoms with Crippen molar-refractivity contribution in [3.63, 3.8) is 0 Å². The highest BCUT2D eigenvalue weighted by Crippen LogP contribution is 2.29. The van der Waals surface area contributed by atoms with Gasteiger partial charge >= 0.3 is 0 Å². The smallest absolute Gasteiger partial charge is 0.214 e. The number of rotatable bonds is 2. The van der Waals surface area contributed by atoms with Gasteiger partial charge in [0.25, 0.3) is 0 Å². The Kier molecular flexibility index (Phi) is 3.46. The number of fused-ring (bicyclic) bond motifs is 1. The molecule has 5 nitrogen and oxygen atoms in total. The average Bonchev–Trinajstić information content (AvgIpc) is 2.96. The lowest BCUT2D eigenvalue weighted by molar-refractivity contribution is 0.208. The van der Waals surface area contributed by atoms with Gasteiger partial charge in [-0.2, -0.15) is 0 Å². The number of aromatic nitrogens is 3. The van der Waals surface area contributed by atoms with Crippen LogP contribution < -0.4 is 4.90 Å². The fraction of sp³-hybridized carbons (Fsp3) is 0.714. The second-order valence-corrected chi connectivity index (χ2v) is 7.56. The van der Waals surface area contributed by atoms with E-state index in [2.05, 4.69) is 35.8 Å². The van der Waals surface area contributed by atoms with Gasteiger partial charge in [0.05, 0.1) is 11.9 Å². The third-order valence-corrected chi connectivity index (χ3v) is 4.83. The lowest BCUT2D eigenvalue weighted by Crippen LogP contribution is -2.36. The Labute approximate surface area is 123 Å². The molecule has 0 spiro atoms. The highest BCUT2D eigenvalue weighted by atomic mass is 32.1. The van der Waals surface area contributed by atoms with Crippen molar-refractivity contribution in [2.24, 2.45) is 5.92 Å². The van der Waals surface area contributed by atoms with E-state index in [1.807, 2.05) is 10.7 Å². The topological polar surface area (TPSA) is 53.7 Å². The summed E-state index contributed by atoms with van der Waals surface area (Å²) in [7, 11) is 0. The van der Waals surface area contributed by atoms with Crippen molar-refractivity contribution in [3.05, 3.63) is 11.9 Å². The van der Waals surface area contributed by atoms with Gasteiger partial charge in [0, 0.05) is 25.1 Å². The molecule has 0 bridgehead atoms. The first-order valence-electron chi connectivity index (χ1n) is 7.20. The van der Waals surface area contributed by atoms with Crippen LogP contribution in [0.2, 0.25) is 0 Å². The first-order valence-corrected chi connectivity index (χ1v) is 8.01. The van der Waals surface area contributed by atoms with E-state index in [9.17, 15) is 5.11 Å². The number of aliphatic hydroxyl groups excluding tert-OH is 1. The molecule has 3 rings (SSSR count). The van der Waals surface area contributed by atoms with Crippen molar-refractivity contribution < 1.29 is 5.11 Å². The minimum absolute atomic E-state index is 0.0562. The summed E-state index contributed by atoms with van der Waals surface area (Å²) in [6.45, 7) is 8.69. The summed E-state index contributed by atoms with van der Waals surface area (Å²) in [6, 6.07) is 0. The molecule has 1 atom stereocenters. The van der Waals surface area contributed by atoms with E-state index < -0.39 is 0 Å². The van der Waals surface area contributed by atoms with Crippen LogP contribution in [0.1, 0.15) is 39.3 Å². The van der Waals surface area contributed by atoms with Crippen LogP contribution in [0.3, 0.4) is 0 Å². The molecule has 0 amide bonds. The Hall–Kier alpha value is -1.14. The third kappa shape index (κ3) is 2.54. The monoisotopic (exact) mass is 294 g/mol. The zero-order valence-electron chi connectivity index (χ0n) is 12.3. The van der Waals surface area contributed by atoms with Crippen molar-refractivity contribution in [1.82, 2.24) is 14.6 Å². The molecule has 1 aliphatic rings. The van der Waals surface area contributed by atoms with Gasteiger partial charge in [0.15, 0.2) is 0 Å². The summed E-state index contributed by atoms with van der Waals surface area (Å²) in [6.07, 6.45) is 4.27. The molecule has 0 unspecified atom stereocenters. The van der Waals surface area contributed by atoms with Crippen LogP contribution in [0.25, 0.3) is 4.96 Å². The quantitative estimate of drug-likeness (QED) is 0.923. The highest BCUT2D eigenvalue weighted by molar-refractivity contribution is 7.20. The number of hydrogen-bond acceptors (Lipinski definition) is 5. The van der Waals surface area contributed by atoms with Crippen LogP contribution in [0, 0.1) is 5.92 Å². The van der Waals surface area contributed by atoms with Crippen molar-refractivity contribution in [2.75, 3.05) is 24.6 Å². The van der Waals surface area contributed by atoms with Crippen LogP contribution in [0.5, 0.6) is 0 Å². The molecule has 110 valence electrons. The second-order valence-electron chi connectivity index (χ2n) is 6.62. The number of nitrogens with zero attached hydrogens (tertiary/aromatic N) is 4. The molecular formula is C14H22N4OS. The van der Waals surface area contributed by atoms with Crippen LogP contribution in [0.4, 0.5) is 5.13 Å². The maximum absolute atomic E-state index is 9.32. The van der Waals surface area contributed by atoms with Gasteiger partial charge in [-0.3, -0.25) is 0 Å². The maximum atomic E-state index is 9.32. The molecule has 6 heteroatoms. The van der Waals surface area contributed by atoms with E-state index in [4.69, 9.17) is 0 Å². The Balaban J connectivity index is 1.84. The van der Waals surface area contributed by atoms with Crippen LogP contribution >= 0.6 is 11.3 Å². The number of hydrogen-bond donors (Lipinski definition) is 1. The van der Waals surface area contributed by atoms with Crippen LogP contribution in [-0.2, 0) is 5.41 Å². The van der Waals surface area contributed by atoms with Crippen molar-refractivity contribution in [1.29, 1.82) is 0 Å². The van der Waals surface area contributed by atoms with E-state index in [0.717, 1.165) is 41.7 Å². The third-order valence-electron chi connectivity index (χ3n) is 3.85. The zero-order valence-corrected chi connectivity index (χ0v) is 13.2. The van der Waals surface area contributed by atoms with E-state index in [1.165, 1.54) is 0 Å². The predicted molar refractivity (Wildman–Crippen MR) is 81.6 cm³/mol. The van der Waals surface area contributed by atoms with Crippen LogP contribution in [-0.4, -0.2) is 39.4 Å². The SMILES string of the molecule is CC(C)(C)c1cn2nc(N3CCC[C@H](CO)C3)sc2n1. The lowest BCUT2D eigenvalue weighted by atomic mass is 9.93. The zero-order chi connectivity index (χ0) is 14.3. The van der Waals surface area contributed by atoms with Gasteiger partial charge < -0.3 is 10.0 Å². The molecule has 2 aromatic rings. The van der Waals surface area contributed by atoms with Crippen molar-refractivity contribution >= 4 is 21.4 Å². The van der Waals surface area contributed by atoms with E-state index in [-0.39, 0.29) is 12.0 Å². The molecule has 1 saturated heterocycles. The summed E-state index contributed by atoms with van der Waals surface area (Å²) in [4.78, 5) is 7.91.